The molecule has 17 heavy (non-hydrogen) atoms. The Bertz CT molecular complexity index is 223. The fourth-order valence-corrected chi connectivity index (χ4v) is 3.08. The van der Waals surface area contributed by atoms with E-state index in [1.165, 1.54) is 58.5 Å². The Labute approximate surface area is 106 Å². The number of hydrogen-bond donors (Lipinski definition) is 1. The molecule has 0 spiro atoms. The topological polar surface area (TPSA) is 35.7 Å². The van der Waals surface area contributed by atoms with Crippen LogP contribution < -0.4 is 5.73 Å². The molecule has 4 heteroatoms. The minimum Gasteiger partial charge on any atom is -0.326 e. The third-order valence-electron chi connectivity index (χ3n) is 4.27. The van der Waals surface area contributed by atoms with E-state index >= 15 is 0 Å². The highest BCUT2D eigenvalue weighted by atomic mass is 15.3. The lowest BCUT2D eigenvalue weighted by molar-refractivity contribution is 0.0880. The van der Waals surface area contributed by atoms with Crippen LogP contribution in [-0.4, -0.2) is 80.1 Å². The first kappa shape index (κ1) is 13.3. The zero-order chi connectivity index (χ0) is 12.3. The van der Waals surface area contributed by atoms with E-state index in [9.17, 15) is 0 Å². The average molecular weight is 240 g/mol. The summed E-state index contributed by atoms with van der Waals surface area (Å²) in [6.45, 7) is 7.24. The minimum atomic E-state index is 0.434. The summed E-state index contributed by atoms with van der Waals surface area (Å²) in [7, 11) is 4.29. The van der Waals surface area contributed by atoms with E-state index < -0.39 is 0 Å². The third-order valence-corrected chi connectivity index (χ3v) is 4.27. The zero-order valence-electron chi connectivity index (χ0n) is 11.4. The van der Waals surface area contributed by atoms with Gasteiger partial charge in [0.25, 0.3) is 0 Å². The number of rotatable bonds is 4. The lowest BCUT2D eigenvalue weighted by Crippen LogP contribution is -2.54. The molecule has 2 N–H and O–H groups in total. The van der Waals surface area contributed by atoms with Crippen LogP contribution in [0.1, 0.15) is 19.3 Å². The van der Waals surface area contributed by atoms with Crippen molar-refractivity contribution < 1.29 is 0 Å². The standard InChI is InChI=1S/C13H28N4/c1-15(2)6-7-16-8-10-17(11-9-16)13-5-3-4-12(13)14/h12-13H,3-11,14H2,1-2H3. The Morgan fingerprint density at radius 3 is 2.35 bits per heavy atom. The van der Waals surface area contributed by atoms with Crippen LogP contribution in [0, 0.1) is 0 Å². The molecule has 0 radical (unpaired) electrons. The molecule has 0 aromatic heterocycles. The van der Waals surface area contributed by atoms with Gasteiger partial charge in [-0.25, -0.2) is 0 Å². The van der Waals surface area contributed by atoms with E-state index in [4.69, 9.17) is 5.73 Å². The summed E-state index contributed by atoms with van der Waals surface area (Å²) < 4.78 is 0. The van der Waals surface area contributed by atoms with E-state index in [0.717, 1.165) is 0 Å². The van der Waals surface area contributed by atoms with Gasteiger partial charge in [0.2, 0.25) is 0 Å². The summed E-state index contributed by atoms with van der Waals surface area (Å²) in [5.41, 5.74) is 6.18. The largest absolute Gasteiger partial charge is 0.326 e. The van der Waals surface area contributed by atoms with Crippen LogP contribution in [0.2, 0.25) is 0 Å². The molecule has 100 valence electrons. The number of likely N-dealkylation sites (N-methyl/N-ethyl adjacent to an activating group) is 1. The normalized spacial score (nSPS) is 32.5. The number of hydrogen-bond acceptors (Lipinski definition) is 4. The first-order valence-corrected chi connectivity index (χ1v) is 7.03. The van der Waals surface area contributed by atoms with Gasteiger partial charge in [-0.2, -0.15) is 0 Å². The first-order valence-electron chi connectivity index (χ1n) is 7.03. The summed E-state index contributed by atoms with van der Waals surface area (Å²) in [6.07, 6.45) is 3.87. The molecule has 0 amide bonds. The van der Waals surface area contributed by atoms with Crippen molar-refractivity contribution in [3.63, 3.8) is 0 Å². The second-order valence-electron chi connectivity index (χ2n) is 5.84. The van der Waals surface area contributed by atoms with Gasteiger partial charge < -0.3 is 10.6 Å². The summed E-state index contributed by atoms with van der Waals surface area (Å²) >= 11 is 0. The lowest BCUT2D eigenvalue weighted by Gasteiger charge is -2.39. The van der Waals surface area contributed by atoms with E-state index in [1.54, 1.807) is 0 Å². The number of nitrogens with two attached hydrogens (primary N) is 1. The Morgan fingerprint density at radius 2 is 1.82 bits per heavy atom. The molecule has 2 rings (SSSR count). The van der Waals surface area contributed by atoms with Crippen LogP contribution >= 0.6 is 0 Å². The predicted octanol–water partition coefficient (Wildman–Crippen LogP) is 0.0454. The van der Waals surface area contributed by atoms with Gasteiger partial charge in [0.15, 0.2) is 0 Å². The van der Waals surface area contributed by atoms with Crippen molar-refractivity contribution in [3.8, 4) is 0 Å². The van der Waals surface area contributed by atoms with Gasteiger partial charge in [-0.3, -0.25) is 9.80 Å². The molecule has 0 aromatic rings. The summed E-state index contributed by atoms with van der Waals surface area (Å²) in [4.78, 5) is 7.47. The molecule has 1 aliphatic heterocycles. The summed E-state index contributed by atoms with van der Waals surface area (Å²) in [6, 6.07) is 1.11. The van der Waals surface area contributed by atoms with Gasteiger partial charge in [0, 0.05) is 51.4 Å². The van der Waals surface area contributed by atoms with Crippen molar-refractivity contribution in [1.29, 1.82) is 0 Å². The maximum absolute atomic E-state index is 6.18. The molecule has 1 saturated heterocycles. The van der Waals surface area contributed by atoms with E-state index in [1.807, 2.05) is 0 Å². The Balaban J connectivity index is 1.70. The van der Waals surface area contributed by atoms with Crippen molar-refractivity contribution in [1.82, 2.24) is 14.7 Å². The van der Waals surface area contributed by atoms with Crippen LogP contribution in [0.5, 0.6) is 0 Å². The van der Waals surface area contributed by atoms with Crippen LogP contribution in [0.25, 0.3) is 0 Å². The molecule has 1 saturated carbocycles. The summed E-state index contributed by atoms with van der Waals surface area (Å²) in [5.74, 6) is 0. The molecule has 2 atom stereocenters. The Morgan fingerprint density at radius 1 is 1.12 bits per heavy atom. The van der Waals surface area contributed by atoms with Crippen molar-refractivity contribution in [2.24, 2.45) is 5.73 Å². The van der Waals surface area contributed by atoms with Crippen LogP contribution in [0.15, 0.2) is 0 Å². The zero-order valence-corrected chi connectivity index (χ0v) is 11.4. The van der Waals surface area contributed by atoms with Gasteiger partial charge >= 0.3 is 0 Å². The van der Waals surface area contributed by atoms with Gasteiger partial charge in [-0.1, -0.05) is 6.42 Å². The molecule has 1 heterocycles. The van der Waals surface area contributed by atoms with Crippen molar-refractivity contribution in [2.75, 3.05) is 53.4 Å². The monoisotopic (exact) mass is 240 g/mol. The molecular formula is C13H28N4. The molecule has 2 unspecified atom stereocenters. The van der Waals surface area contributed by atoms with Crippen LogP contribution in [-0.2, 0) is 0 Å². The fraction of sp³-hybridized carbons (Fsp3) is 1.00. The maximum atomic E-state index is 6.18. The minimum absolute atomic E-state index is 0.434. The molecule has 4 nitrogen and oxygen atoms in total. The average Bonchev–Trinajstić information content (AvgIpc) is 2.73. The van der Waals surface area contributed by atoms with Crippen molar-refractivity contribution >= 4 is 0 Å². The second-order valence-corrected chi connectivity index (χ2v) is 5.84. The van der Waals surface area contributed by atoms with E-state index in [0.29, 0.717) is 12.1 Å². The summed E-state index contributed by atoms with van der Waals surface area (Å²) in [5, 5.41) is 0. The van der Waals surface area contributed by atoms with Crippen LogP contribution in [0.3, 0.4) is 0 Å². The molecular weight excluding hydrogens is 212 g/mol. The van der Waals surface area contributed by atoms with Gasteiger partial charge in [-0.15, -0.1) is 0 Å². The van der Waals surface area contributed by atoms with Crippen LogP contribution in [0.4, 0.5) is 0 Å². The lowest BCUT2D eigenvalue weighted by atomic mass is 10.1. The fourth-order valence-electron chi connectivity index (χ4n) is 3.08. The smallest absolute Gasteiger partial charge is 0.0248 e. The molecule has 0 aromatic carbocycles. The SMILES string of the molecule is CN(C)CCN1CCN(C2CCCC2N)CC1. The number of piperazine rings is 1. The highest BCUT2D eigenvalue weighted by Crippen LogP contribution is 2.23. The quantitative estimate of drug-likeness (QED) is 0.753. The Kier molecular flexibility index (Phi) is 4.79. The van der Waals surface area contributed by atoms with Gasteiger partial charge in [-0.05, 0) is 26.9 Å². The molecule has 1 aliphatic carbocycles. The van der Waals surface area contributed by atoms with E-state index in [2.05, 4.69) is 28.8 Å². The highest BCUT2D eigenvalue weighted by Gasteiger charge is 2.31. The first-order chi connectivity index (χ1) is 8.16. The predicted molar refractivity (Wildman–Crippen MR) is 72.2 cm³/mol. The second kappa shape index (κ2) is 6.14. The Hall–Kier alpha value is -0.160. The number of nitrogens with zero attached hydrogens (tertiary/aromatic N) is 3. The third kappa shape index (κ3) is 3.65. The molecule has 0 bridgehead atoms. The molecule has 2 aliphatic rings. The van der Waals surface area contributed by atoms with Gasteiger partial charge in [0.05, 0.1) is 0 Å². The van der Waals surface area contributed by atoms with E-state index in [-0.39, 0.29) is 0 Å². The maximum Gasteiger partial charge on any atom is 0.0248 e. The van der Waals surface area contributed by atoms with Crippen molar-refractivity contribution in [2.45, 2.75) is 31.3 Å². The van der Waals surface area contributed by atoms with Crippen molar-refractivity contribution in [3.05, 3.63) is 0 Å². The molecule has 2 fully saturated rings. The highest BCUT2D eigenvalue weighted by molar-refractivity contribution is 4.90. The van der Waals surface area contributed by atoms with Gasteiger partial charge in [0.1, 0.15) is 0 Å².